The molecule has 0 atom stereocenters. The van der Waals surface area contributed by atoms with Gasteiger partial charge in [-0.05, 0) is 6.92 Å². The smallest absolute Gasteiger partial charge is 0.221 e. The van der Waals surface area contributed by atoms with E-state index in [9.17, 15) is 4.57 Å². The van der Waals surface area contributed by atoms with E-state index in [1.54, 1.807) is 14.0 Å². The van der Waals surface area contributed by atoms with Crippen LogP contribution in [0.1, 0.15) is 11.7 Å². The second-order valence-corrected chi connectivity index (χ2v) is 7.88. The van der Waals surface area contributed by atoms with Crippen LogP contribution in [0, 0.1) is 6.92 Å². The van der Waals surface area contributed by atoms with Crippen molar-refractivity contribution in [2.24, 2.45) is 0 Å². The zero-order valence-electron chi connectivity index (χ0n) is 13.1. The second kappa shape index (κ2) is 6.53. The Morgan fingerprint density at radius 2 is 1.52 bits per heavy atom. The molecule has 0 spiro atoms. The van der Waals surface area contributed by atoms with E-state index in [2.05, 4.69) is 4.98 Å². The summed E-state index contributed by atoms with van der Waals surface area (Å²) in [6.45, 7) is 2.05. The summed E-state index contributed by atoms with van der Waals surface area (Å²) in [4.78, 5) is 4.47. The highest BCUT2D eigenvalue weighted by Gasteiger charge is 2.35. The zero-order valence-corrected chi connectivity index (χ0v) is 14.0. The first-order chi connectivity index (χ1) is 11.2. The van der Waals surface area contributed by atoms with Gasteiger partial charge in [-0.2, -0.15) is 0 Å². The van der Waals surface area contributed by atoms with Crippen molar-refractivity contribution in [1.29, 1.82) is 0 Å². The van der Waals surface area contributed by atoms with Crippen molar-refractivity contribution in [1.82, 2.24) is 4.98 Å². The molecule has 3 aromatic rings. The molecule has 0 saturated heterocycles. The highest BCUT2D eigenvalue weighted by molar-refractivity contribution is 7.85. The van der Waals surface area contributed by atoms with E-state index in [4.69, 9.17) is 9.15 Å². The third kappa shape index (κ3) is 2.88. The third-order valence-corrected chi connectivity index (χ3v) is 6.68. The maximum Gasteiger partial charge on any atom is 0.221 e. The average Bonchev–Trinajstić information content (AvgIpc) is 2.97. The Balaban J connectivity index is 2.23. The molecule has 5 heteroatoms. The van der Waals surface area contributed by atoms with Crippen LogP contribution in [0.25, 0.3) is 0 Å². The van der Waals surface area contributed by atoms with Crippen LogP contribution in [0.15, 0.2) is 65.1 Å². The molecule has 1 aromatic heterocycles. The average molecular weight is 327 g/mol. The minimum atomic E-state index is -3.08. The van der Waals surface area contributed by atoms with Gasteiger partial charge in [0, 0.05) is 17.7 Å². The number of aryl methyl sites for hydroxylation is 1. The van der Waals surface area contributed by atoms with E-state index in [0.29, 0.717) is 17.1 Å². The van der Waals surface area contributed by atoms with E-state index in [-0.39, 0.29) is 6.61 Å². The molecule has 0 fully saturated rings. The summed E-state index contributed by atoms with van der Waals surface area (Å²) in [7, 11) is -1.50. The fourth-order valence-corrected chi connectivity index (χ4v) is 5.30. The predicted molar refractivity (Wildman–Crippen MR) is 91.3 cm³/mol. The van der Waals surface area contributed by atoms with Gasteiger partial charge in [0.15, 0.2) is 7.14 Å². The summed E-state index contributed by atoms with van der Waals surface area (Å²) in [6.07, 6.45) is 0. The number of rotatable bonds is 5. The van der Waals surface area contributed by atoms with E-state index >= 15 is 0 Å². The van der Waals surface area contributed by atoms with E-state index < -0.39 is 7.14 Å². The molecule has 0 N–H and O–H groups in total. The molecule has 0 amide bonds. The number of oxazole rings is 1. The number of nitrogens with zero attached hydrogens (tertiary/aromatic N) is 1. The molecular formula is C18H18NO3P. The van der Waals surface area contributed by atoms with Gasteiger partial charge in [0.25, 0.3) is 0 Å². The lowest BCUT2D eigenvalue weighted by atomic mass is 10.4. The zero-order chi connectivity index (χ0) is 16.3. The largest absolute Gasteiger partial charge is 0.443 e. The summed E-state index contributed by atoms with van der Waals surface area (Å²) < 4.78 is 24.8. The lowest BCUT2D eigenvalue weighted by molar-refractivity contribution is 0.158. The van der Waals surface area contributed by atoms with Crippen LogP contribution in [0.4, 0.5) is 0 Å². The first-order valence-corrected chi connectivity index (χ1v) is 9.04. The maximum absolute atomic E-state index is 14.1. The maximum atomic E-state index is 14.1. The number of ether oxygens (including phenoxy) is 1. The van der Waals surface area contributed by atoms with E-state index in [0.717, 1.165) is 10.6 Å². The van der Waals surface area contributed by atoms with Crippen molar-refractivity contribution < 1.29 is 13.7 Å². The summed E-state index contributed by atoms with van der Waals surface area (Å²) >= 11 is 0. The van der Waals surface area contributed by atoms with E-state index in [1.807, 2.05) is 60.7 Å². The van der Waals surface area contributed by atoms with Gasteiger partial charge in [-0.15, -0.1) is 0 Å². The fourth-order valence-electron chi connectivity index (χ4n) is 2.59. The molecule has 1 heterocycles. The fraction of sp³-hybridized carbons (Fsp3) is 0.167. The topological polar surface area (TPSA) is 52.3 Å². The van der Waals surface area contributed by atoms with Gasteiger partial charge in [-0.25, -0.2) is 4.98 Å². The molecule has 118 valence electrons. The molecule has 0 saturated carbocycles. The molecule has 0 aliphatic heterocycles. The van der Waals surface area contributed by atoms with E-state index in [1.165, 1.54) is 0 Å². The lowest BCUT2D eigenvalue weighted by Gasteiger charge is -2.17. The monoisotopic (exact) mass is 327 g/mol. The molecule has 4 nitrogen and oxygen atoms in total. The SMILES string of the molecule is COCc1nc(P(=O)(c2ccccc2)c2ccccc2)c(C)o1. The van der Waals surface area contributed by atoms with Gasteiger partial charge >= 0.3 is 0 Å². The Hall–Kier alpha value is -2.16. The summed E-state index contributed by atoms with van der Waals surface area (Å²) in [5, 5.41) is 1.48. The molecule has 0 bridgehead atoms. The predicted octanol–water partition coefficient (Wildman–Crippen LogP) is 2.77. The van der Waals surface area contributed by atoms with Crippen LogP contribution in [0.5, 0.6) is 0 Å². The van der Waals surface area contributed by atoms with Crippen molar-refractivity contribution in [3.05, 3.63) is 72.3 Å². The van der Waals surface area contributed by atoms with Crippen molar-refractivity contribution in [2.45, 2.75) is 13.5 Å². The summed E-state index contributed by atoms with van der Waals surface area (Å²) in [6, 6.07) is 18.8. The van der Waals surface area contributed by atoms with Gasteiger partial charge in [0.05, 0.1) is 0 Å². The van der Waals surface area contributed by atoms with Crippen molar-refractivity contribution in [2.75, 3.05) is 7.11 Å². The number of benzene rings is 2. The van der Waals surface area contributed by atoms with Crippen molar-refractivity contribution >= 4 is 23.2 Å². The van der Waals surface area contributed by atoms with Crippen LogP contribution >= 0.6 is 7.14 Å². The molecule has 2 aromatic carbocycles. The highest BCUT2D eigenvalue weighted by atomic mass is 31.2. The normalized spacial score (nSPS) is 11.6. The Morgan fingerprint density at radius 1 is 1.00 bits per heavy atom. The molecule has 0 unspecified atom stereocenters. The van der Waals surface area contributed by atoms with Crippen molar-refractivity contribution in [3.8, 4) is 0 Å². The number of methoxy groups -OCH3 is 1. The van der Waals surface area contributed by atoms with Gasteiger partial charge in [-0.1, -0.05) is 60.7 Å². The second-order valence-electron chi connectivity index (χ2n) is 5.20. The molecule has 0 radical (unpaired) electrons. The first-order valence-electron chi connectivity index (χ1n) is 7.33. The quantitative estimate of drug-likeness (QED) is 0.676. The number of aromatic nitrogens is 1. The van der Waals surface area contributed by atoms with Crippen LogP contribution in [-0.4, -0.2) is 12.1 Å². The number of hydrogen-bond acceptors (Lipinski definition) is 4. The minimum Gasteiger partial charge on any atom is -0.443 e. The summed E-state index contributed by atoms with van der Waals surface area (Å²) in [5.74, 6) is 1.00. The first kappa shape index (κ1) is 15.7. The van der Waals surface area contributed by atoms with Gasteiger partial charge in [0.2, 0.25) is 5.89 Å². The molecule has 0 aliphatic rings. The van der Waals surface area contributed by atoms with Crippen LogP contribution in [0.2, 0.25) is 0 Å². The van der Waals surface area contributed by atoms with Gasteiger partial charge in [-0.3, -0.25) is 0 Å². The minimum absolute atomic E-state index is 0.254. The van der Waals surface area contributed by atoms with Crippen LogP contribution in [-0.2, 0) is 15.9 Å². The molecule has 23 heavy (non-hydrogen) atoms. The van der Waals surface area contributed by atoms with Crippen LogP contribution < -0.4 is 16.0 Å². The molecule has 3 rings (SSSR count). The van der Waals surface area contributed by atoms with Gasteiger partial charge < -0.3 is 13.7 Å². The molecular weight excluding hydrogens is 309 g/mol. The third-order valence-electron chi connectivity index (χ3n) is 3.62. The van der Waals surface area contributed by atoms with Crippen molar-refractivity contribution in [3.63, 3.8) is 0 Å². The molecule has 0 aliphatic carbocycles. The summed E-state index contributed by atoms with van der Waals surface area (Å²) in [5.41, 5.74) is 0.488. The van der Waals surface area contributed by atoms with Crippen LogP contribution in [0.3, 0.4) is 0 Å². The Morgan fingerprint density at radius 3 is 2.00 bits per heavy atom. The standard InChI is InChI=1S/C18H18NO3P/c1-14-18(19-17(22-14)13-21-2)23(20,15-9-5-3-6-10-15)16-11-7-4-8-12-16/h3-12H,13H2,1-2H3. The Kier molecular flexibility index (Phi) is 4.46. The Bertz CT molecular complexity index is 784. The Labute approximate surface area is 135 Å². The lowest BCUT2D eigenvalue weighted by Crippen LogP contribution is -2.27. The highest BCUT2D eigenvalue weighted by Crippen LogP contribution is 2.42. The van der Waals surface area contributed by atoms with Gasteiger partial charge in [0.1, 0.15) is 17.8 Å². The number of hydrogen-bond donors (Lipinski definition) is 0.